The normalized spacial score (nSPS) is 9.79. The zero-order chi connectivity index (χ0) is 12.8. The lowest BCUT2D eigenvalue weighted by molar-refractivity contribution is 0.407. The van der Waals surface area contributed by atoms with Crippen molar-refractivity contribution < 1.29 is 4.74 Å². The van der Waals surface area contributed by atoms with Gasteiger partial charge < -0.3 is 10.1 Å². The Bertz CT molecular complexity index is 506. The molecule has 19 heavy (non-hydrogen) atoms. The quantitative estimate of drug-likeness (QED) is 0.918. The Labute approximate surface area is 124 Å². The van der Waals surface area contributed by atoms with E-state index in [1.165, 1.54) is 0 Å². The Morgan fingerprint density at radius 1 is 1.26 bits per heavy atom. The molecule has 3 nitrogen and oxygen atoms in total. The number of pyridine rings is 1. The van der Waals surface area contributed by atoms with E-state index in [9.17, 15) is 0 Å². The van der Waals surface area contributed by atoms with E-state index in [1.54, 1.807) is 13.3 Å². The predicted molar refractivity (Wildman–Crippen MR) is 80.0 cm³/mol. The molecule has 0 aliphatic rings. The van der Waals surface area contributed by atoms with Crippen molar-refractivity contribution in [2.24, 2.45) is 0 Å². The number of rotatable bonds is 5. The average Bonchev–Trinajstić information content (AvgIpc) is 2.40. The second-order valence-electron chi connectivity index (χ2n) is 3.92. The van der Waals surface area contributed by atoms with Crippen molar-refractivity contribution >= 4 is 24.0 Å². The Kier molecular flexibility index (Phi) is 6.64. The SMILES string of the molecule is COc1ccc(Cl)cc1CNCc1cccnc1.Cl. The highest BCUT2D eigenvalue weighted by Crippen LogP contribution is 2.22. The minimum atomic E-state index is 0. The molecule has 0 aliphatic carbocycles. The molecule has 0 spiro atoms. The van der Waals surface area contributed by atoms with Crippen LogP contribution in [0.5, 0.6) is 5.75 Å². The highest BCUT2D eigenvalue weighted by Gasteiger charge is 2.03. The van der Waals surface area contributed by atoms with Gasteiger partial charge in [-0.25, -0.2) is 0 Å². The molecule has 0 aliphatic heterocycles. The van der Waals surface area contributed by atoms with Gasteiger partial charge in [0.2, 0.25) is 0 Å². The number of nitrogens with one attached hydrogen (secondary N) is 1. The van der Waals surface area contributed by atoms with Crippen LogP contribution in [0.15, 0.2) is 42.7 Å². The van der Waals surface area contributed by atoms with E-state index in [0.717, 1.165) is 23.4 Å². The molecule has 0 unspecified atom stereocenters. The smallest absolute Gasteiger partial charge is 0.123 e. The first-order valence-electron chi connectivity index (χ1n) is 5.71. The molecule has 0 amide bonds. The lowest BCUT2D eigenvalue weighted by Gasteiger charge is -2.10. The molecule has 1 heterocycles. The molecular weight excluding hydrogens is 283 g/mol. The molecule has 0 radical (unpaired) electrons. The maximum atomic E-state index is 5.98. The van der Waals surface area contributed by atoms with Crippen molar-refractivity contribution in [2.75, 3.05) is 7.11 Å². The van der Waals surface area contributed by atoms with Gasteiger partial charge in [0.1, 0.15) is 5.75 Å². The van der Waals surface area contributed by atoms with Gasteiger partial charge in [0, 0.05) is 36.1 Å². The van der Waals surface area contributed by atoms with E-state index < -0.39 is 0 Å². The van der Waals surface area contributed by atoms with Crippen LogP contribution in [0.4, 0.5) is 0 Å². The number of ether oxygens (including phenoxy) is 1. The number of aromatic nitrogens is 1. The summed E-state index contributed by atoms with van der Waals surface area (Å²) in [5.74, 6) is 0.845. The number of benzene rings is 1. The van der Waals surface area contributed by atoms with E-state index in [1.807, 2.05) is 36.5 Å². The third-order valence-corrected chi connectivity index (χ3v) is 2.84. The second kappa shape index (κ2) is 8.00. The second-order valence-corrected chi connectivity index (χ2v) is 4.36. The fourth-order valence-electron chi connectivity index (χ4n) is 1.73. The van der Waals surface area contributed by atoms with Crippen molar-refractivity contribution in [1.29, 1.82) is 0 Å². The Hall–Kier alpha value is -1.29. The largest absolute Gasteiger partial charge is 0.496 e. The van der Waals surface area contributed by atoms with Crippen LogP contribution in [0.1, 0.15) is 11.1 Å². The van der Waals surface area contributed by atoms with Gasteiger partial charge >= 0.3 is 0 Å². The number of halogens is 2. The van der Waals surface area contributed by atoms with Crippen molar-refractivity contribution in [3.05, 3.63) is 58.9 Å². The molecule has 102 valence electrons. The van der Waals surface area contributed by atoms with Crippen molar-refractivity contribution in [3.8, 4) is 5.75 Å². The summed E-state index contributed by atoms with van der Waals surface area (Å²) in [6.45, 7) is 1.47. The first-order chi connectivity index (χ1) is 8.79. The first-order valence-corrected chi connectivity index (χ1v) is 6.09. The highest BCUT2D eigenvalue weighted by molar-refractivity contribution is 6.30. The third-order valence-electron chi connectivity index (χ3n) is 2.61. The van der Waals surface area contributed by atoms with Gasteiger partial charge in [0.25, 0.3) is 0 Å². The molecule has 5 heteroatoms. The topological polar surface area (TPSA) is 34.1 Å². The molecule has 0 saturated heterocycles. The van der Waals surface area contributed by atoms with Crippen molar-refractivity contribution in [1.82, 2.24) is 10.3 Å². The summed E-state index contributed by atoms with van der Waals surface area (Å²) in [5, 5.41) is 4.06. The first kappa shape index (κ1) is 15.8. The zero-order valence-corrected chi connectivity index (χ0v) is 12.2. The molecule has 0 saturated carbocycles. The number of methoxy groups -OCH3 is 1. The maximum absolute atomic E-state index is 5.98. The maximum Gasteiger partial charge on any atom is 0.123 e. The van der Waals surface area contributed by atoms with Gasteiger partial charge in [-0.05, 0) is 29.8 Å². The molecule has 0 atom stereocenters. The molecular formula is C14H16Cl2N2O. The fraction of sp³-hybridized carbons (Fsp3) is 0.214. The lowest BCUT2D eigenvalue weighted by atomic mass is 10.2. The summed E-state index contributed by atoms with van der Waals surface area (Å²) in [7, 11) is 1.66. The van der Waals surface area contributed by atoms with Crippen LogP contribution in [0, 0.1) is 0 Å². The van der Waals surface area contributed by atoms with Gasteiger partial charge in [-0.3, -0.25) is 4.98 Å². The highest BCUT2D eigenvalue weighted by atomic mass is 35.5. The minimum absolute atomic E-state index is 0. The van der Waals surface area contributed by atoms with Crippen LogP contribution < -0.4 is 10.1 Å². The van der Waals surface area contributed by atoms with Crippen LogP contribution in [-0.2, 0) is 13.1 Å². The molecule has 1 aromatic carbocycles. The lowest BCUT2D eigenvalue weighted by Crippen LogP contribution is -2.13. The van der Waals surface area contributed by atoms with Gasteiger partial charge in [-0.1, -0.05) is 17.7 Å². The summed E-state index contributed by atoms with van der Waals surface area (Å²) >= 11 is 5.98. The van der Waals surface area contributed by atoms with E-state index in [4.69, 9.17) is 16.3 Å². The van der Waals surface area contributed by atoms with Crippen molar-refractivity contribution in [3.63, 3.8) is 0 Å². The molecule has 0 fully saturated rings. The van der Waals surface area contributed by atoms with Crippen LogP contribution >= 0.6 is 24.0 Å². The summed E-state index contributed by atoms with van der Waals surface area (Å²) in [4.78, 5) is 4.07. The summed E-state index contributed by atoms with van der Waals surface area (Å²) in [5.41, 5.74) is 2.20. The zero-order valence-electron chi connectivity index (χ0n) is 10.6. The van der Waals surface area contributed by atoms with E-state index in [2.05, 4.69) is 10.3 Å². The summed E-state index contributed by atoms with van der Waals surface area (Å²) in [6.07, 6.45) is 3.62. The van der Waals surface area contributed by atoms with Gasteiger partial charge in [0.15, 0.2) is 0 Å². The average molecular weight is 299 g/mol. The van der Waals surface area contributed by atoms with Crippen LogP contribution in [0.3, 0.4) is 0 Å². The Morgan fingerprint density at radius 3 is 2.79 bits per heavy atom. The number of nitrogens with zero attached hydrogens (tertiary/aromatic N) is 1. The Balaban J connectivity index is 0.00000180. The standard InChI is InChI=1S/C14H15ClN2O.ClH/c1-18-14-5-4-13(15)7-12(14)10-17-9-11-3-2-6-16-8-11;/h2-8,17H,9-10H2,1H3;1H. The Morgan fingerprint density at radius 2 is 2.11 bits per heavy atom. The van der Waals surface area contributed by atoms with Crippen LogP contribution in [0.25, 0.3) is 0 Å². The van der Waals surface area contributed by atoms with Crippen LogP contribution in [-0.4, -0.2) is 12.1 Å². The molecule has 0 bridgehead atoms. The predicted octanol–water partition coefficient (Wildman–Crippen LogP) is 3.46. The third kappa shape index (κ3) is 4.71. The van der Waals surface area contributed by atoms with Gasteiger partial charge in [-0.2, -0.15) is 0 Å². The number of hydrogen-bond donors (Lipinski definition) is 1. The van der Waals surface area contributed by atoms with Gasteiger partial charge in [0.05, 0.1) is 7.11 Å². The summed E-state index contributed by atoms with van der Waals surface area (Å²) < 4.78 is 5.29. The monoisotopic (exact) mass is 298 g/mol. The molecule has 2 aromatic rings. The minimum Gasteiger partial charge on any atom is -0.496 e. The van der Waals surface area contributed by atoms with E-state index in [-0.39, 0.29) is 12.4 Å². The van der Waals surface area contributed by atoms with E-state index >= 15 is 0 Å². The fourth-order valence-corrected chi connectivity index (χ4v) is 1.92. The number of hydrogen-bond acceptors (Lipinski definition) is 3. The van der Waals surface area contributed by atoms with E-state index in [0.29, 0.717) is 11.6 Å². The van der Waals surface area contributed by atoms with Crippen LogP contribution in [0.2, 0.25) is 5.02 Å². The molecule has 1 aromatic heterocycles. The van der Waals surface area contributed by atoms with Crippen molar-refractivity contribution in [2.45, 2.75) is 13.1 Å². The van der Waals surface area contributed by atoms with Gasteiger partial charge in [-0.15, -0.1) is 12.4 Å². The molecule has 1 N–H and O–H groups in total. The molecule has 2 rings (SSSR count). The summed E-state index contributed by atoms with van der Waals surface area (Å²) in [6, 6.07) is 9.58.